The van der Waals surface area contributed by atoms with E-state index in [2.05, 4.69) is 0 Å². The third-order valence-electron chi connectivity index (χ3n) is 3.33. The Labute approximate surface area is 105 Å². The van der Waals surface area contributed by atoms with E-state index >= 15 is 0 Å². The van der Waals surface area contributed by atoms with Gasteiger partial charge in [-0.15, -0.1) is 0 Å². The van der Waals surface area contributed by atoms with Gasteiger partial charge >= 0.3 is 5.97 Å². The van der Waals surface area contributed by atoms with E-state index in [1.807, 2.05) is 13.8 Å². The fourth-order valence-corrected chi connectivity index (χ4v) is 2.64. The molecule has 0 saturated carbocycles. The van der Waals surface area contributed by atoms with Crippen LogP contribution in [0.3, 0.4) is 0 Å². The number of fused-ring (bicyclic) bond motifs is 1. The van der Waals surface area contributed by atoms with E-state index in [1.165, 1.54) is 0 Å². The fraction of sp³-hybridized carbons (Fsp3) is 0.917. The first-order chi connectivity index (χ1) is 8.27. The number of hydrogen-bond donors (Lipinski definition) is 0. The van der Waals surface area contributed by atoms with Crippen LogP contribution in [-0.2, 0) is 28.5 Å². The van der Waals surface area contributed by atoms with E-state index in [0.717, 1.165) is 0 Å². The van der Waals surface area contributed by atoms with Gasteiger partial charge < -0.3 is 23.7 Å². The molecule has 3 rings (SSSR count). The van der Waals surface area contributed by atoms with Gasteiger partial charge in [0.2, 0.25) is 0 Å². The highest BCUT2D eigenvalue weighted by molar-refractivity contribution is 5.78. The Balaban J connectivity index is 1.77. The molecule has 3 saturated heterocycles. The van der Waals surface area contributed by atoms with Crippen LogP contribution in [0.25, 0.3) is 0 Å². The summed E-state index contributed by atoms with van der Waals surface area (Å²) in [6, 6.07) is 0. The molecule has 102 valence electrons. The quantitative estimate of drug-likeness (QED) is 0.641. The van der Waals surface area contributed by atoms with Crippen LogP contribution in [0, 0.1) is 0 Å². The van der Waals surface area contributed by atoms with Gasteiger partial charge in [-0.05, 0) is 27.7 Å². The summed E-state index contributed by atoms with van der Waals surface area (Å²) < 4.78 is 27.8. The van der Waals surface area contributed by atoms with E-state index in [-0.39, 0.29) is 12.1 Å². The second-order valence-corrected chi connectivity index (χ2v) is 5.79. The van der Waals surface area contributed by atoms with Gasteiger partial charge in [-0.25, -0.2) is 4.79 Å². The summed E-state index contributed by atoms with van der Waals surface area (Å²) in [4.78, 5) is 11.7. The summed E-state index contributed by atoms with van der Waals surface area (Å²) in [5, 5.41) is 0. The minimum atomic E-state index is -0.762. The number of ether oxygens (including phenoxy) is 5. The van der Waals surface area contributed by atoms with Crippen molar-refractivity contribution < 1.29 is 28.5 Å². The summed E-state index contributed by atoms with van der Waals surface area (Å²) in [6.07, 6.45) is -1.85. The lowest BCUT2D eigenvalue weighted by Crippen LogP contribution is -2.40. The Hall–Kier alpha value is -0.690. The van der Waals surface area contributed by atoms with E-state index < -0.39 is 29.9 Å². The Bertz CT molecular complexity index is 377. The molecule has 6 heteroatoms. The summed E-state index contributed by atoms with van der Waals surface area (Å²) in [5.41, 5.74) is 0. The predicted molar refractivity (Wildman–Crippen MR) is 58.6 cm³/mol. The van der Waals surface area contributed by atoms with Crippen molar-refractivity contribution in [2.75, 3.05) is 6.61 Å². The molecule has 0 N–H and O–H groups in total. The first kappa shape index (κ1) is 12.3. The summed E-state index contributed by atoms with van der Waals surface area (Å²) >= 11 is 0. The SMILES string of the molecule is CC1(C)OC[C@H]([C@@H]2OC(=O)[C@@H]3OC(C)(C)O[C@@H]23)O1. The summed E-state index contributed by atoms with van der Waals surface area (Å²) in [6.45, 7) is 7.61. The standard InChI is InChI=1S/C12H18O6/c1-11(2)14-5-6(16-11)7-8-9(10(13)15-7)18-12(3,4)17-8/h6-9H,5H2,1-4H3/t6-,7+,8+,9-/m1/s1. The molecule has 0 bridgehead atoms. The molecule has 4 atom stereocenters. The highest BCUT2D eigenvalue weighted by Crippen LogP contribution is 2.39. The number of hydrogen-bond acceptors (Lipinski definition) is 6. The van der Waals surface area contributed by atoms with Gasteiger partial charge in [0.25, 0.3) is 0 Å². The zero-order valence-electron chi connectivity index (χ0n) is 11.0. The Morgan fingerprint density at radius 3 is 2.33 bits per heavy atom. The molecule has 0 spiro atoms. The van der Waals surface area contributed by atoms with E-state index in [1.54, 1.807) is 13.8 Å². The summed E-state index contributed by atoms with van der Waals surface area (Å²) in [5.74, 6) is -1.80. The van der Waals surface area contributed by atoms with Gasteiger partial charge in [0.1, 0.15) is 12.2 Å². The lowest BCUT2D eigenvalue weighted by atomic mass is 10.1. The van der Waals surface area contributed by atoms with Crippen molar-refractivity contribution >= 4 is 5.97 Å². The Morgan fingerprint density at radius 2 is 1.72 bits per heavy atom. The zero-order chi connectivity index (χ0) is 13.1. The number of esters is 1. The number of rotatable bonds is 1. The Morgan fingerprint density at radius 1 is 1.00 bits per heavy atom. The second-order valence-electron chi connectivity index (χ2n) is 5.79. The average Bonchev–Trinajstić information content (AvgIpc) is 2.81. The maximum absolute atomic E-state index is 11.7. The van der Waals surface area contributed by atoms with Gasteiger partial charge in [0, 0.05) is 0 Å². The topological polar surface area (TPSA) is 63.2 Å². The first-order valence-electron chi connectivity index (χ1n) is 6.15. The first-order valence-corrected chi connectivity index (χ1v) is 6.15. The van der Waals surface area contributed by atoms with Crippen molar-refractivity contribution in [1.82, 2.24) is 0 Å². The largest absolute Gasteiger partial charge is 0.455 e. The molecule has 6 nitrogen and oxygen atoms in total. The fourth-order valence-electron chi connectivity index (χ4n) is 2.64. The zero-order valence-corrected chi connectivity index (χ0v) is 11.0. The van der Waals surface area contributed by atoms with Crippen LogP contribution >= 0.6 is 0 Å². The normalized spacial score (nSPS) is 45.0. The lowest BCUT2D eigenvalue weighted by Gasteiger charge is -2.25. The Kier molecular flexibility index (Phi) is 2.51. The van der Waals surface area contributed by atoms with Crippen molar-refractivity contribution in [3.05, 3.63) is 0 Å². The third-order valence-corrected chi connectivity index (χ3v) is 3.33. The smallest absolute Gasteiger partial charge is 0.338 e. The van der Waals surface area contributed by atoms with Crippen LogP contribution in [0.4, 0.5) is 0 Å². The minimum Gasteiger partial charge on any atom is -0.455 e. The van der Waals surface area contributed by atoms with Gasteiger partial charge in [-0.2, -0.15) is 0 Å². The van der Waals surface area contributed by atoms with Crippen LogP contribution in [0.2, 0.25) is 0 Å². The maximum Gasteiger partial charge on any atom is 0.338 e. The van der Waals surface area contributed by atoms with Crippen molar-refractivity contribution in [1.29, 1.82) is 0 Å². The molecular formula is C12H18O6. The molecule has 0 amide bonds. The molecule has 0 aromatic carbocycles. The molecule has 3 fully saturated rings. The van der Waals surface area contributed by atoms with Crippen LogP contribution in [-0.4, -0.2) is 48.6 Å². The highest BCUT2D eigenvalue weighted by atomic mass is 16.8. The van der Waals surface area contributed by atoms with Crippen molar-refractivity contribution in [2.45, 2.75) is 63.7 Å². The molecule has 3 aliphatic rings. The minimum absolute atomic E-state index is 0.309. The molecule has 0 aromatic heterocycles. The van der Waals surface area contributed by atoms with Gasteiger partial charge in [-0.3, -0.25) is 0 Å². The second kappa shape index (κ2) is 3.66. The van der Waals surface area contributed by atoms with Crippen LogP contribution in [0.1, 0.15) is 27.7 Å². The molecule has 18 heavy (non-hydrogen) atoms. The molecule has 0 aliphatic carbocycles. The number of carbonyl (C=O) groups excluding carboxylic acids is 1. The number of cyclic esters (lactones) is 1. The maximum atomic E-state index is 11.7. The van der Waals surface area contributed by atoms with E-state index in [4.69, 9.17) is 23.7 Å². The monoisotopic (exact) mass is 258 g/mol. The molecule has 3 heterocycles. The molecule has 3 aliphatic heterocycles. The van der Waals surface area contributed by atoms with Gasteiger partial charge in [0.05, 0.1) is 6.61 Å². The van der Waals surface area contributed by atoms with Crippen molar-refractivity contribution in [2.24, 2.45) is 0 Å². The predicted octanol–water partition coefficient (Wildman–Crippen LogP) is 0.583. The van der Waals surface area contributed by atoms with Gasteiger partial charge in [0.15, 0.2) is 23.8 Å². The van der Waals surface area contributed by atoms with E-state index in [0.29, 0.717) is 6.61 Å². The molecule has 0 aromatic rings. The van der Waals surface area contributed by atoms with Crippen LogP contribution in [0.5, 0.6) is 0 Å². The van der Waals surface area contributed by atoms with Gasteiger partial charge in [-0.1, -0.05) is 0 Å². The molecule has 0 radical (unpaired) electrons. The summed E-state index contributed by atoms with van der Waals surface area (Å²) in [7, 11) is 0. The van der Waals surface area contributed by atoms with Crippen LogP contribution < -0.4 is 0 Å². The number of carbonyl (C=O) groups is 1. The van der Waals surface area contributed by atoms with Crippen LogP contribution in [0.15, 0.2) is 0 Å². The molecular weight excluding hydrogens is 240 g/mol. The lowest BCUT2D eigenvalue weighted by molar-refractivity contribution is -0.200. The third kappa shape index (κ3) is 1.93. The van der Waals surface area contributed by atoms with Crippen molar-refractivity contribution in [3.63, 3.8) is 0 Å². The molecule has 0 unspecified atom stereocenters. The average molecular weight is 258 g/mol. The van der Waals surface area contributed by atoms with Crippen molar-refractivity contribution in [3.8, 4) is 0 Å². The highest BCUT2D eigenvalue weighted by Gasteiger charge is 2.59. The van der Waals surface area contributed by atoms with E-state index in [9.17, 15) is 4.79 Å².